The molecule has 1 aliphatic heterocycles. The quantitative estimate of drug-likeness (QED) is 0.820. The van der Waals surface area contributed by atoms with E-state index in [0.29, 0.717) is 0 Å². The number of carbonyl (C=O) groups is 1. The van der Waals surface area contributed by atoms with E-state index < -0.39 is 0 Å². The van der Waals surface area contributed by atoms with Gasteiger partial charge in [-0.1, -0.05) is 18.2 Å². The van der Waals surface area contributed by atoms with Gasteiger partial charge < -0.3 is 9.80 Å². The summed E-state index contributed by atoms with van der Waals surface area (Å²) in [5.74, 6) is 4.86. The number of benzene rings is 1. The second-order valence-corrected chi connectivity index (χ2v) is 4.01. The fraction of sp³-hybridized carbons (Fsp3) is 0.417. The SMILES string of the molecule is Cl.NOCC(=O)N1CCN(c2ccccc2)CC1. The molecule has 1 aromatic carbocycles. The minimum absolute atomic E-state index is 0. The van der Waals surface area contributed by atoms with Crippen LogP contribution in [0.15, 0.2) is 30.3 Å². The first kappa shape index (κ1) is 14.8. The summed E-state index contributed by atoms with van der Waals surface area (Å²) in [7, 11) is 0. The summed E-state index contributed by atoms with van der Waals surface area (Å²) in [6.45, 7) is 3.10. The van der Waals surface area contributed by atoms with Gasteiger partial charge in [0, 0.05) is 31.9 Å². The van der Waals surface area contributed by atoms with Crippen LogP contribution in [0.25, 0.3) is 0 Å². The molecule has 0 unspecified atom stereocenters. The highest BCUT2D eigenvalue weighted by Crippen LogP contribution is 2.15. The average Bonchev–Trinajstić information content (AvgIpc) is 2.40. The lowest BCUT2D eigenvalue weighted by Crippen LogP contribution is -2.49. The van der Waals surface area contributed by atoms with E-state index in [-0.39, 0.29) is 24.9 Å². The van der Waals surface area contributed by atoms with Crippen LogP contribution < -0.4 is 10.8 Å². The van der Waals surface area contributed by atoms with Crippen LogP contribution in [0, 0.1) is 0 Å². The number of carbonyl (C=O) groups excluding carboxylic acids is 1. The predicted molar refractivity (Wildman–Crippen MR) is 72.6 cm³/mol. The van der Waals surface area contributed by atoms with E-state index in [1.165, 1.54) is 5.69 Å². The Balaban J connectivity index is 0.00000162. The van der Waals surface area contributed by atoms with Gasteiger partial charge in [-0.05, 0) is 12.1 Å². The molecular formula is C12H18ClN3O2. The summed E-state index contributed by atoms with van der Waals surface area (Å²) in [6.07, 6.45) is 0. The highest BCUT2D eigenvalue weighted by atomic mass is 35.5. The normalized spacial score (nSPS) is 15.2. The zero-order chi connectivity index (χ0) is 12.1. The van der Waals surface area contributed by atoms with Crippen molar-refractivity contribution in [3.63, 3.8) is 0 Å². The van der Waals surface area contributed by atoms with Crippen LogP contribution in [-0.2, 0) is 9.63 Å². The highest BCUT2D eigenvalue weighted by molar-refractivity contribution is 5.85. The topological polar surface area (TPSA) is 58.8 Å². The van der Waals surface area contributed by atoms with Crippen LogP contribution in [0.1, 0.15) is 0 Å². The molecule has 2 rings (SSSR count). The third-order valence-electron chi connectivity index (χ3n) is 2.96. The largest absolute Gasteiger partial charge is 0.368 e. The molecule has 2 N–H and O–H groups in total. The Kier molecular flexibility index (Phi) is 5.91. The lowest BCUT2D eigenvalue weighted by atomic mass is 10.2. The number of rotatable bonds is 3. The van der Waals surface area contributed by atoms with Crippen molar-refractivity contribution in [1.29, 1.82) is 0 Å². The molecule has 0 atom stereocenters. The molecule has 0 aliphatic carbocycles. The van der Waals surface area contributed by atoms with E-state index in [0.717, 1.165) is 26.2 Å². The molecule has 100 valence electrons. The predicted octanol–water partition coefficient (Wildman–Crippen LogP) is 0.647. The fourth-order valence-electron chi connectivity index (χ4n) is 2.02. The molecule has 1 heterocycles. The van der Waals surface area contributed by atoms with Crippen LogP contribution >= 0.6 is 12.4 Å². The first-order valence-electron chi connectivity index (χ1n) is 5.70. The lowest BCUT2D eigenvalue weighted by Gasteiger charge is -2.35. The van der Waals surface area contributed by atoms with Crippen molar-refractivity contribution < 1.29 is 9.63 Å². The molecule has 0 radical (unpaired) electrons. The Morgan fingerprint density at radius 2 is 1.78 bits per heavy atom. The molecule has 0 aromatic heterocycles. The smallest absolute Gasteiger partial charge is 0.250 e. The van der Waals surface area contributed by atoms with E-state index in [4.69, 9.17) is 5.90 Å². The summed E-state index contributed by atoms with van der Waals surface area (Å²) >= 11 is 0. The van der Waals surface area contributed by atoms with Crippen molar-refractivity contribution in [3.8, 4) is 0 Å². The summed E-state index contributed by atoms with van der Waals surface area (Å²) in [5.41, 5.74) is 1.20. The van der Waals surface area contributed by atoms with Gasteiger partial charge in [-0.15, -0.1) is 12.4 Å². The van der Waals surface area contributed by atoms with Crippen molar-refractivity contribution >= 4 is 24.0 Å². The number of para-hydroxylation sites is 1. The van der Waals surface area contributed by atoms with Gasteiger partial charge in [0.1, 0.15) is 6.61 Å². The standard InChI is InChI=1S/C12H17N3O2.ClH/c13-17-10-12(16)15-8-6-14(7-9-15)11-4-2-1-3-5-11;/h1-5H,6-10,13H2;1H. The highest BCUT2D eigenvalue weighted by Gasteiger charge is 2.20. The van der Waals surface area contributed by atoms with Gasteiger partial charge in [-0.25, -0.2) is 5.90 Å². The number of halogens is 1. The molecule has 6 heteroatoms. The third-order valence-corrected chi connectivity index (χ3v) is 2.96. The summed E-state index contributed by atoms with van der Waals surface area (Å²) in [4.78, 5) is 20.0. The molecule has 1 saturated heterocycles. The molecular weight excluding hydrogens is 254 g/mol. The third kappa shape index (κ3) is 3.60. The van der Waals surface area contributed by atoms with E-state index in [9.17, 15) is 4.79 Å². The van der Waals surface area contributed by atoms with Gasteiger partial charge in [-0.2, -0.15) is 0 Å². The minimum Gasteiger partial charge on any atom is -0.368 e. The molecule has 1 fully saturated rings. The summed E-state index contributed by atoms with van der Waals surface area (Å²) in [6, 6.07) is 10.2. The van der Waals surface area contributed by atoms with Gasteiger partial charge in [0.05, 0.1) is 0 Å². The van der Waals surface area contributed by atoms with Gasteiger partial charge in [-0.3, -0.25) is 9.63 Å². The number of hydrogen-bond acceptors (Lipinski definition) is 4. The summed E-state index contributed by atoms with van der Waals surface area (Å²) in [5, 5.41) is 0. The molecule has 0 spiro atoms. The zero-order valence-electron chi connectivity index (χ0n) is 10.1. The monoisotopic (exact) mass is 271 g/mol. The molecule has 18 heavy (non-hydrogen) atoms. The van der Waals surface area contributed by atoms with Crippen molar-refractivity contribution in [1.82, 2.24) is 4.90 Å². The number of amides is 1. The number of hydrogen-bond donors (Lipinski definition) is 1. The Labute approximate surface area is 113 Å². The Morgan fingerprint density at radius 1 is 1.17 bits per heavy atom. The van der Waals surface area contributed by atoms with Gasteiger partial charge in [0.25, 0.3) is 5.91 Å². The maximum Gasteiger partial charge on any atom is 0.250 e. The van der Waals surface area contributed by atoms with E-state index in [2.05, 4.69) is 21.9 Å². The minimum atomic E-state index is -0.0415. The summed E-state index contributed by atoms with van der Waals surface area (Å²) < 4.78 is 0. The van der Waals surface area contributed by atoms with Crippen LogP contribution in [-0.4, -0.2) is 43.6 Å². The molecule has 1 aromatic rings. The number of anilines is 1. The Morgan fingerprint density at radius 3 is 2.33 bits per heavy atom. The first-order valence-corrected chi connectivity index (χ1v) is 5.70. The molecule has 0 saturated carbocycles. The van der Waals surface area contributed by atoms with Gasteiger partial charge >= 0.3 is 0 Å². The van der Waals surface area contributed by atoms with Crippen LogP contribution in [0.2, 0.25) is 0 Å². The van der Waals surface area contributed by atoms with E-state index in [1.807, 2.05) is 18.2 Å². The first-order chi connectivity index (χ1) is 8.31. The Bertz CT molecular complexity index is 367. The fourth-order valence-corrected chi connectivity index (χ4v) is 2.02. The Hall–Kier alpha value is -1.30. The van der Waals surface area contributed by atoms with Crippen LogP contribution in [0.3, 0.4) is 0 Å². The number of nitrogens with zero attached hydrogens (tertiary/aromatic N) is 2. The van der Waals surface area contributed by atoms with Crippen molar-refractivity contribution in [2.75, 3.05) is 37.7 Å². The molecule has 1 aliphatic rings. The molecule has 5 nitrogen and oxygen atoms in total. The second kappa shape index (κ2) is 7.20. The number of piperazine rings is 1. The van der Waals surface area contributed by atoms with Crippen molar-refractivity contribution in [3.05, 3.63) is 30.3 Å². The average molecular weight is 272 g/mol. The van der Waals surface area contributed by atoms with Crippen molar-refractivity contribution in [2.24, 2.45) is 5.90 Å². The van der Waals surface area contributed by atoms with Gasteiger partial charge in [0.2, 0.25) is 0 Å². The van der Waals surface area contributed by atoms with Gasteiger partial charge in [0.15, 0.2) is 0 Å². The van der Waals surface area contributed by atoms with E-state index in [1.54, 1.807) is 4.90 Å². The zero-order valence-corrected chi connectivity index (χ0v) is 10.9. The van der Waals surface area contributed by atoms with E-state index >= 15 is 0 Å². The second-order valence-electron chi connectivity index (χ2n) is 4.01. The maximum atomic E-state index is 11.5. The lowest BCUT2D eigenvalue weighted by molar-refractivity contribution is -0.136. The molecule has 1 amide bonds. The maximum absolute atomic E-state index is 11.5. The van der Waals surface area contributed by atoms with Crippen molar-refractivity contribution in [2.45, 2.75) is 0 Å². The number of nitrogens with two attached hydrogens (primary N) is 1. The molecule has 0 bridgehead atoms. The van der Waals surface area contributed by atoms with Crippen LogP contribution in [0.4, 0.5) is 5.69 Å². The van der Waals surface area contributed by atoms with Crippen LogP contribution in [0.5, 0.6) is 0 Å².